The van der Waals surface area contributed by atoms with Crippen molar-refractivity contribution in [2.24, 2.45) is 11.8 Å². The predicted octanol–water partition coefficient (Wildman–Crippen LogP) is -0.0597. The Labute approximate surface area is 103 Å². The van der Waals surface area contributed by atoms with Crippen LogP contribution in [0.1, 0.15) is 19.8 Å². The number of hydrogen-bond donors (Lipinski definition) is 2. The highest BCUT2D eigenvalue weighted by Crippen LogP contribution is 2.16. The molecule has 2 heterocycles. The number of piperidine rings is 1. The van der Waals surface area contributed by atoms with Crippen LogP contribution in [0.5, 0.6) is 0 Å². The van der Waals surface area contributed by atoms with Crippen molar-refractivity contribution in [2.75, 3.05) is 32.1 Å². The lowest BCUT2D eigenvalue weighted by Gasteiger charge is -2.30. The summed E-state index contributed by atoms with van der Waals surface area (Å²) in [6.45, 7) is 5.15. The monoisotopic (exact) mass is 262 g/mol. The first-order valence-corrected chi connectivity index (χ1v) is 8.00. The van der Waals surface area contributed by atoms with E-state index in [9.17, 15) is 8.42 Å². The maximum Gasteiger partial charge on any atom is 0.212 e. The Kier molecular flexibility index (Phi) is 4.41. The summed E-state index contributed by atoms with van der Waals surface area (Å²) in [5.74, 6) is 0.742. The van der Waals surface area contributed by atoms with Gasteiger partial charge in [-0.3, -0.25) is 0 Å². The van der Waals surface area contributed by atoms with E-state index in [4.69, 9.17) is 4.74 Å². The molecule has 2 rings (SSSR count). The second-order valence-corrected chi connectivity index (χ2v) is 7.00. The Morgan fingerprint density at radius 2 is 2.24 bits per heavy atom. The molecule has 0 aromatic heterocycles. The number of rotatable bonds is 4. The quantitative estimate of drug-likeness (QED) is 0.745. The molecule has 2 saturated heterocycles. The third-order valence-corrected chi connectivity index (χ3v) is 5.17. The summed E-state index contributed by atoms with van der Waals surface area (Å²) in [5.41, 5.74) is 0. The van der Waals surface area contributed by atoms with E-state index in [1.165, 1.54) is 0 Å². The highest BCUT2D eigenvalue weighted by molar-refractivity contribution is 7.89. The largest absolute Gasteiger partial charge is 0.381 e. The zero-order chi connectivity index (χ0) is 12.3. The van der Waals surface area contributed by atoms with E-state index >= 15 is 0 Å². The highest BCUT2D eigenvalue weighted by Gasteiger charge is 2.28. The summed E-state index contributed by atoms with van der Waals surface area (Å²) >= 11 is 0. The van der Waals surface area contributed by atoms with Gasteiger partial charge < -0.3 is 10.1 Å². The van der Waals surface area contributed by atoms with Crippen molar-refractivity contribution >= 4 is 10.0 Å². The van der Waals surface area contributed by atoms with Crippen molar-refractivity contribution < 1.29 is 13.2 Å². The molecule has 0 saturated carbocycles. The van der Waals surface area contributed by atoms with Gasteiger partial charge in [0, 0.05) is 12.6 Å². The van der Waals surface area contributed by atoms with Crippen molar-refractivity contribution in [3.63, 3.8) is 0 Å². The Morgan fingerprint density at radius 1 is 1.41 bits per heavy atom. The van der Waals surface area contributed by atoms with Crippen LogP contribution in [0.15, 0.2) is 0 Å². The van der Waals surface area contributed by atoms with Crippen LogP contribution in [0.4, 0.5) is 0 Å². The van der Waals surface area contributed by atoms with E-state index in [1.54, 1.807) is 0 Å². The van der Waals surface area contributed by atoms with Crippen LogP contribution in [0.3, 0.4) is 0 Å². The van der Waals surface area contributed by atoms with Gasteiger partial charge in [0.15, 0.2) is 0 Å². The van der Waals surface area contributed by atoms with Gasteiger partial charge >= 0.3 is 0 Å². The molecule has 100 valence electrons. The minimum Gasteiger partial charge on any atom is -0.381 e. The average Bonchev–Trinajstić information content (AvgIpc) is 2.73. The molecule has 0 spiro atoms. The summed E-state index contributed by atoms with van der Waals surface area (Å²) in [6, 6.07) is 0.0866. The van der Waals surface area contributed by atoms with E-state index < -0.39 is 10.0 Å². The third kappa shape index (κ3) is 3.91. The topological polar surface area (TPSA) is 67.4 Å². The van der Waals surface area contributed by atoms with Crippen LogP contribution < -0.4 is 10.0 Å². The van der Waals surface area contributed by atoms with Gasteiger partial charge in [0.05, 0.1) is 12.4 Å². The first kappa shape index (κ1) is 13.3. The number of hydrogen-bond acceptors (Lipinski definition) is 4. The van der Waals surface area contributed by atoms with E-state index in [0.717, 1.165) is 25.9 Å². The number of ether oxygens (including phenoxy) is 1. The second-order valence-electron chi connectivity index (χ2n) is 5.21. The van der Waals surface area contributed by atoms with Crippen LogP contribution in [-0.2, 0) is 14.8 Å². The van der Waals surface area contributed by atoms with Crippen LogP contribution in [0.2, 0.25) is 0 Å². The van der Waals surface area contributed by atoms with E-state index in [1.807, 2.05) is 0 Å². The summed E-state index contributed by atoms with van der Waals surface area (Å²) in [4.78, 5) is 0. The molecule has 17 heavy (non-hydrogen) atoms. The van der Waals surface area contributed by atoms with Crippen LogP contribution >= 0.6 is 0 Å². The Balaban J connectivity index is 1.87. The van der Waals surface area contributed by atoms with Gasteiger partial charge in [-0.05, 0) is 37.8 Å². The van der Waals surface area contributed by atoms with E-state index in [0.29, 0.717) is 19.1 Å². The van der Waals surface area contributed by atoms with Gasteiger partial charge in [0.1, 0.15) is 0 Å². The Hall–Kier alpha value is -0.170. The van der Waals surface area contributed by atoms with Crippen molar-refractivity contribution in [2.45, 2.75) is 25.8 Å². The maximum atomic E-state index is 12.0. The fourth-order valence-corrected chi connectivity index (χ4v) is 4.28. The van der Waals surface area contributed by atoms with Crippen molar-refractivity contribution in [1.29, 1.82) is 0 Å². The van der Waals surface area contributed by atoms with Gasteiger partial charge in [0.25, 0.3) is 0 Å². The highest BCUT2D eigenvalue weighted by atomic mass is 32.2. The molecule has 0 radical (unpaired) electrons. The van der Waals surface area contributed by atoms with Crippen molar-refractivity contribution in [1.82, 2.24) is 10.0 Å². The van der Waals surface area contributed by atoms with Crippen LogP contribution in [-0.4, -0.2) is 46.5 Å². The standard InChI is InChI=1S/C11H22N2O3S/c1-9-6-12-4-2-11(9)13-17(14,15)8-10-3-5-16-7-10/h9-13H,2-8H2,1H3. The molecule has 2 aliphatic rings. The lowest BCUT2D eigenvalue weighted by Crippen LogP contribution is -2.49. The van der Waals surface area contributed by atoms with E-state index in [2.05, 4.69) is 17.0 Å². The smallest absolute Gasteiger partial charge is 0.212 e. The summed E-state index contributed by atoms with van der Waals surface area (Å²) in [7, 11) is -3.16. The molecular weight excluding hydrogens is 240 g/mol. The lowest BCUT2D eigenvalue weighted by atomic mass is 9.97. The molecule has 5 nitrogen and oxygen atoms in total. The van der Waals surface area contributed by atoms with Crippen LogP contribution in [0, 0.1) is 11.8 Å². The number of sulfonamides is 1. The minimum atomic E-state index is -3.16. The molecule has 0 amide bonds. The number of nitrogens with one attached hydrogen (secondary N) is 2. The maximum absolute atomic E-state index is 12.0. The minimum absolute atomic E-state index is 0.0866. The van der Waals surface area contributed by atoms with Gasteiger partial charge in [0.2, 0.25) is 10.0 Å². The van der Waals surface area contributed by atoms with E-state index in [-0.39, 0.29) is 17.7 Å². The van der Waals surface area contributed by atoms with Gasteiger partial charge in [-0.2, -0.15) is 0 Å². The Bertz CT molecular complexity index is 339. The fraction of sp³-hybridized carbons (Fsp3) is 1.00. The molecule has 6 heteroatoms. The molecular formula is C11H22N2O3S. The molecule has 3 unspecified atom stereocenters. The molecule has 3 atom stereocenters. The van der Waals surface area contributed by atoms with Crippen molar-refractivity contribution in [3.8, 4) is 0 Å². The Morgan fingerprint density at radius 3 is 2.88 bits per heavy atom. The normalized spacial score (nSPS) is 35.0. The fourth-order valence-electron chi connectivity index (χ4n) is 2.49. The SMILES string of the molecule is CC1CNCCC1NS(=O)(=O)CC1CCOC1. The zero-order valence-electron chi connectivity index (χ0n) is 10.3. The zero-order valence-corrected chi connectivity index (χ0v) is 11.1. The molecule has 2 aliphatic heterocycles. The lowest BCUT2D eigenvalue weighted by molar-refractivity contribution is 0.188. The molecule has 0 aromatic rings. The summed E-state index contributed by atoms with van der Waals surface area (Å²) in [6.07, 6.45) is 1.74. The molecule has 0 aromatic carbocycles. The van der Waals surface area contributed by atoms with Gasteiger partial charge in [-0.25, -0.2) is 13.1 Å². The third-order valence-electron chi connectivity index (χ3n) is 3.60. The molecule has 2 fully saturated rings. The predicted molar refractivity (Wildman–Crippen MR) is 66.3 cm³/mol. The van der Waals surface area contributed by atoms with Gasteiger partial charge in [-0.15, -0.1) is 0 Å². The molecule has 2 N–H and O–H groups in total. The van der Waals surface area contributed by atoms with Gasteiger partial charge in [-0.1, -0.05) is 6.92 Å². The first-order chi connectivity index (χ1) is 8.07. The summed E-state index contributed by atoms with van der Waals surface area (Å²) < 4.78 is 32.1. The molecule has 0 bridgehead atoms. The molecule has 0 aliphatic carbocycles. The first-order valence-electron chi connectivity index (χ1n) is 6.35. The second kappa shape index (κ2) is 5.65. The average molecular weight is 262 g/mol. The van der Waals surface area contributed by atoms with Crippen molar-refractivity contribution in [3.05, 3.63) is 0 Å². The van der Waals surface area contributed by atoms with Crippen LogP contribution in [0.25, 0.3) is 0 Å². The summed E-state index contributed by atoms with van der Waals surface area (Å²) in [5, 5.41) is 3.27.